The third kappa shape index (κ3) is 4.52. The first-order chi connectivity index (χ1) is 16.1. The summed E-state index contributed by atoms with van der Waals surface area (Å²) in [4.78, 5) is 32.0. The standard InChI is InChI=1S/C21H14FN7O2S2/c22-13-8-6-12(7-9-13)19-27-28-21(33-19)24-16(30)11-32-20-25-17-15(18(31)26-20)10-23-29(17)14-4-2-1-3-5-14/h1-10H,11H2,(H,24,28,30)(H,25,26,31). The molecule has 5 aromatic rings. The number of rotatable bonds is 6. The van der Waals surface area contributed by atoms with E-state index in [9.17, 15) is 14.0 Å². The summed E-state index contributed by atoms with van der Waals surface area (Å²) in [6.45, 7) is 0. The number of benzene rings is 2. The Hall–Kier alpha value is -3.90. The Bertz CT molecular complexity index is 1500. The van der Waals surface area contributed by atoms with E-state index < -0.39 is 0 Å². The molecule has 0 bridgehead atoms. The number of para-hydroxylation sites is 1. The Balaban J connectivity index is 1.28. The van der Waals surface area contributed by atoms with Gasteiger partial charge in [0.05, 0.1) is 17.6 Å². The van der Waals surface area contributed by atoms with Gasteiger partial charge < -0.3 is 4.98 Å². The normalized spacial score (nSPS) is 11.1. The van der Waals surface area contributed by atoms with Gasteiger partial charge in [0.25, 0.3) is 5.56 Å². The van der Waals surface area contributed by atoms with E-state index in [1.807, 2.05) is 30.3 Å². The lowest BCUT2D eigenvalue weighted by atomic mass is 10.2. The number of anilines is 1. The minimum atomic E-state index is -0.342. The van der Waals surface area contributed by atoms with Crippen LogP contribution in [0.25, 0.3) is 27.3 Å². The average Bonchev–Trinajstić information content (AvgIpc) is 3.46. The van der Waals surface area contributed by atoms with Crippen molar-refractivity contribution in [2.45, 2.75) is 5.16 Å². The Morgan fingerprint density at radius 2 is 1.91 bits per heavy atom. The molecule has 0 atom stereocenters. The monoisotopic (exact) mass is 479 g/mol. The fourth-order valence-electron chi connectivity index (χ4n) is 3.00. The Morgan fingerprint density at radius 3 is 2.70 bits per heavy atom. The molecule has 0 aliphatic carbocycles. The van der Waals surface area contributed by atoms with Crippen LogP contribution in [0.1, 0.15) is 0 Å². The lowest BCUT2D eigenvalue weighted by molar-refractivity contribution is -0.113. The molecule has 2 aromatic carbocycles. The topological polar surface area (TPSA) is 118 Å². The molecule has 5 rings (SSSR count). The van der Waals surface area contributed by atoms with Crippen molar-refractivity contribution >= 4 is 45.2 Å². The number of nitrogens with one attached hydrogen (secondary N) is 2. The van der Waals surface area contributed by atoms with Crippen LogP contribution in [0.5, 0.6) is 0 Å². The number of carbonyl (C=O) groups excluding carboxylic acids is 1. The van der Waals surface area contributed by atoms with Crippen molar-refractivity contribution in [3.63, 3.8) is 0 Å². The molecule has 0 saturated heterocycles. The summed E-state index contributed by atoms with van der Waals surface area (Å²) in [5.41, 5.74) is 1.54. The Kier molecular flexibility index (Phi) is 5.67. The zero-order valence-electron chi connectivity index (χ0n) is 16.7. The van der Waals surface area contributed by atoms with E-state index in [0.717, 1.165) is 17.4 Å². The molecule has 2 N–H and O–H groups in total. The van der Waals surface area contributed by atoms with Crippen molar-refractivity contribution in [1.29, 1.82) is 0 Å². The number of hydrogen-bond donors (Lipinski definition) is 2. The number of carbonyl (C=O) groups is 1. The number of halogens is 1. The fourth-order valence-corrected chi connectivity index (χ4v) is 4.42. The highest BCUT2D eigenvalue weighted by molar-refractivity contribution is 7.99. The predicted molar refractivity (Wildman–Crippen MR) is 124 cm³/mol. The number of fused-ring (bicyclic) bond motifs is 1. The second-order valence-corrected chi connectivity index (χ2v) is 8.70. The van der Waals surface area contributed by atoms with E-state index in [1.165, 1.54) is 29.7 Å². The van der Waals surface area contributed by atoms with Gasteiger partial charge in [-0.05, 0) is 36.4 Å². The van der Waals surface area contributed by atoms with Gasteiger partial charge in [-0.1, -0.05) is 41.3 Å². The van der Waals surface area contributed by atoms with Crippen LogP contribution in [-0.4, -0.2) is 41.6 Å². The third-order valence-electron chi connectivity index (χ3n) is 4.52. The highest BCUT2D eigenvalue weighted by Crippen LogP contribution is 2.26. The van der Waals surface area contributed by atoms with Crippen LogP contribution in [0.15, 0.2) is 70.7 Å². The van der Waals surface area contributed by atoms with E-state index in [4.69, 9.17) is 0 Å². The lowest BCUT2D eigenvalue weighted by Crippen LogP contribution is -2.15. The first-order valence-corrected chi connectivity index (χ1v) is 11.4. The summed E-state index contributed by atoms with van der Waals surface area (Å²) in [5.74, 6) is -0.675. The molecule has 0 radical (unpaired) electrons. The van der Waals surface area contributed by atoms with Crippen LogP contribution in [-0.2, 0) is 4.79 Å². The number of amides is 1. The lowest BCUT2D eigenvalue weighted by Gasteiger charge is -2.04. The molecule has 0 spiro atoms. The van der Waals surface area contributed by atoms with Crippen molar-refractivity contribution in [1.82, 2.24) is 29.9 Å². The smallest absolute Gasteiger partial charge is 0.262 e. The molecule has 0 aliphatic rings. The molecule has 9 nitrogen and oxygen atoms in total. The maximum atomic E-state index is 13.1. The molecule has 0 fully saturated rings. The quantitative estimate of drug-likeness (QED) is 0.283. The van der Waals surface area contributed by atoms with Crippen LogP contribution in [0.3, 0.4) is 0 Å². The summed E-state index contributed by atoms with van der Waals surface area (Å²) in [7, 11) is 0. The molecular weight excluding hydrogens is 465 g/mol. The summed E-state index contributed by atoms with van der Waals surface area (Å²) >= 11 is 2.26. The maximum Gasteiger partial charge on any atom is 0.262 e. The first kappa shape index (κ1) is 21.0. The van der Waals surface area contributed by atoms with Gasteiger partial charge in [0.15, 0.2) is 10.8 Å². The first-order valence-electron chi connectivity index (χ1n) is 9.62. The summed E-state index contributed by atoms with van der Waals surface area (Å²) in [6, 6.07) is 15.2. The van der Waals surface area contributed by atoms with Crippen molar-refractivity contribution < 1.29 is 9.18 Å². The molecule has 0 unspecified atom stereocenters. The molecule has 164 valence electrons. The van der Waals surface area contributed by atoms with Gasteiger partial charge in [-0.25, -0.2) is 14.1 Å². The SMILES string of the molecule is O=C(CSc1nc2c(cnn2-c2ccccc2)c(=O)[nH]1)Nc1nnc(-c2ccc(F)cc2)s1. The van der Waals surface area contributed by atoms with E-state index in [-0.39, 0.29) is 23.0 Å². The Morgan fingerprint density at radius 1 is 1.12 bits per heavy atom. The van der Waals surface area contributed by atoms with E-state index in [2.05, 4.69) is 30.6 Å². The van der Waals surface area contributed by atoms with Crippen LogP contribution in [0.4, 0.5) is 9.52 Å². The van der Waals surface area contributed by atoms with Crippen LogP contribution in [0, 0.1) is 5.82 Å². The fraction of sp³-hybridized carbons (Fsp3) is 0.0476. The zero-order valence-corrected chi connectivity index (χ0v) is 18.4. The third-order valence-corrected chi connectivity index (χ3v) is 6.28. The van der Waals surface area contributed by atoms with E-state index in [1.54, 1.807) is 16.8 Å². The summed E-state index contributed by atoms with van der Waals surface area (Å²) < 4.78 is 14.7. The second kappa shape index (κ2) is 8.92. The number of aromatic nitrogens is 6. The maximum absolute atomic E-state index is 13.1. The predicted octanol–water partition coefficient (Wildman–Crippen LogP) is 3.50. The number of hydrogen-bond acceptors (Lipinski definition) is 8. The zero-order chi connectivity index (χ0) is 22.8. The summed E-state index contributed by atoms with van der Waals surface area (Å²) in [5, 5.41) is 16.4. The molecular formula is C21H14FN7O2S2. The van der Waals surface area contributed by atoms with Gasteiger partial charge in [-0.3, -0.25) is 14.9 Å². The molecule has 1 amide bonds. The minimum absolute atomic E-state index is 0.000613. The number of nitrogens with zero attached hydrogens (tertiary/aromatic N) is 5. The van der Waals surface area contributed by atoms with Gasteiger partial charge in [-0.2, -0.15) is 5.10 Å². The van der Waals surface area contributed by atoms with E-state index in [0.29, 0.717) is 31.9 Å². The van der Waals surface area contributed by atoms with Crippen LogP contribution >= 0.6 is 23.1 Å². The molecule has 0 aliphatic heterocycles. The summed E-state index contributed by atoms with van der Waals surface area (Å²) in [6.07, 6.45) is 1.46. The van der Waals surface area contributed by atoms with Crippen molar-refractivity contribution in [3.8, 4) is 16.3 Å². The van der Waals surface area contributed by atoms with Crippen LogP contribution < -0.4 is 10.9 Å². The molecule has 3 heterocycles. The van der Waals surface area contributed by atoms with Gasteiger partial charge in [0.1, 0.15) is 16.2 Å². The number of thioether (sulfide) groups is 1. The molecule has 33 heavy (non-hydrogen) atoms. The molecule has 12 heteroatoms. The van der Waals surface area contributed by atoms with E-state index >= 15 is 0 Å². The minimum Gasteiger partial charge on any atom is -0.301 e. The van der Waals surface area contributed by atoms with Gasteiger partial charge in [-0.15, -0.1) is 10.2 Å². The van der Waals surface area contributed by atoms with Gasteiger partial charge in [0.2, 0.25) is 11.0 Å². The average molecular weight is 480 g/mol. The second-order valence-electron chi connectivity index (χ2n) is 6.76. The highest BCUT2D eigenvalue weighted by atomic mass is 32.2. The Labute approximate surface area is 193 Å². The van der Waals surface area contributed by atoms with Gasteiger partial charge >= 0.3 is 0 Å². The highest BCUT2D eigenvalue weighted by Gasteiger charge is 2.14. The van der Waals surface area contributed by atoms with Gasteiger partial charge in [0, 0.05) is 5.56 Å². The largest absolute Gasteiger partial charge is 0.301 e. The van der Waals surface area contributed by atoms with Crippen LogP contribution in [0.2, 0.25) is 0 Å². The molecule has 0 saturated carbocycles. The van der Waals surface area contributed by atoms with Crippen molar-refractivity contribution in [3.05, 3.63) is 77.0 Å². The van der Waals surface area contributed by atoms with Crippen molar-refractivity contribution in [2.24, 2.45) is 0 Å². The number of aromatic amines is 1. The van der Waals surface area contributed by atoms with Crippen molar-refractivity contribution in [2.75, 3.05) is 11.1 Å². The number of H-pyrrole nitrogens is 1. The molecule has 3 aromatic heterocycles.